The van der Waals surface area contributed by atoms with E-state index in [1.807, 2.05) is 19.9 Å². The van der Waals surface area contributed by atoms with E-state index in [-0.39, 0.29) is 24.1 Å². The summed E-state index contributed by atoms with van der Waals surface area (Å²) in [5, 5.41) is 12.0. The van der Waals surface area contributed by atoms with E-state index in [2.05, 4.69) is 20.2 Å². The second kappa shape index (κ2) is 11.0. The van der Waals surface area contributed by atoms with Gasteiger partial charge in [0.05, 0.1) is 29.3 Å². The molecule has 1 unspecified atom stereocenters. The smallest absolute Gasteiger partial charge is 0.416 e. The molecule has 2 aromatic carbocycles. The normalized spacial score (nSPS) is 16.8. The molecule has 0 radical (unpaired) electrons. The van der Waals surface area contributed by atoms with Crippen molar-refractivity contribution in [1.82, 2.24) is 20.2 Å². The summed E-state index contributed by atoms with van der Waals surface area (Å²) in [7, 11) is 0. The number of nitrogens with zero attached hydrogens (tertiary/aromatic N) is 4. The molecule has 1 amide bonds. The van der Waals surface area contributed by atoms with E-state index in [0.717, 1.165) is 12.1 Å². The Labute approximate surface area is 212 Å². The number of nitriles is 1. The van der Waals surface area contributed by atoms with E-state index in [4.69, 9.17) is 10.00 Å². The summed E-state index contributed by atoms with van der Waals surface area (Å²) in [6, 6.07) is 13.1. The van der Waals surface area contributed by atoms with Crippen molar-refractivity contribution in [2.75, 3.05) is 13.1 Å². The lowest BCUT2D eigenvalue weighted by Gasteiger charge is -2.29. The van der Waals surface area contributed by atoms with Crippen LogP contribution in [0.25, 0.3) is 0 Å². The molecule has 1 saturated heterocycles. The lowest BCUT2D eigenvalue weighted by Crippen LogP contribution is -2.38. The molecular weight excluding hydrogens is 483 g/mol. The highest BCUT2D eigenvalue weighted by Crippen LogP contribution is 2.34. The predicted octanol–water partition coefficient (Wildman–Crippen LogP) is 4.75. The van der Waals surface area contributed by atoms with Gasteiger partial charge in [-0.1, -0.05) is 12.1 Å². The first-order valence-corrected chi connectivity index (χ1v) is 11.8. The van der Waals surface area contributed by atoms with Crippen molar-refractivity contribution in [3.63, 3.8) is 0 Å². The van der Waals surface area contributed by atoms with E-state index < -0.39 is 17.8 Å². The highest BCUT2D eigenvalue weighted by Gasteiger charge is 2.34. The third-order valence-corrected chi connectivity index (χ3v) is 6.05. The van der Waals surface area contributed by atoms with Crippen LogP contribution in [0.3, 0.4) is 0 Å². The third kappa shape index (κ3) is 6.43. The van der Waals surface area contributed by atoms with Crippen LogP contribution in [0.2, 0.25) is 0 Å². The number of nitrogens with one attached hydrogen (secondary N) is 1. The minimum atomic E-state index is -4.43. The van der Waals surface area contributed by atoms with Crippen LogP contribution in [-0.4, -0.2) is 46.0 Å². The molecule has 1 fully saturated rings. The lowest BCUT2D eigenvalue weighted by molar-refractivity contribution is -0.137. The van der Waals surface area contributed by atoms with Crippen molar-refractivity contribution in [3.8, 4) is 12.1 Å². The molecule has 37 heavy (non-hydrogen) atoms. The van der Waals surface area contributed by atoms with E-state index in [1.54, 1.807) is 36.7 Å². The molecule has 0 saturated carbocycles. The number of benzene rings is 2. The number of alkyl halides is 3. The molecule has 4 rings (SSSR count). The van der Waals surface area contributed by atoms with E-state index in [9.17, 15) is 18.0 Å². The fraction of sp³-hybridized carbons (Fsp3) is 0.333. The minimum Gasteiger partial charge on any atom is -0.461 e. The summed E-state index contributed by atoms with van der Waals surface area (Å²) < 4.78 is 45.0. The topological polar surface area (TPSA) is 91.1 Å². The van der Waals surface area contributed by atoms with Gasteiger partial charge in [-0.05, 0) is 62.2 Å². The molecule has 0 bridgehead atoms. The van der Waals surface area contributed by atoms with Gasteiger partial charge in [-0.25, -0.2) is 9.97 Å². The quantitative estimate of drug-likeness (QED) is 0.495. The van der Waals surface area contributed by atoms with Gasteiger partial charge < -0.3 is 10.1 Å². The van der Waals surface area contributed by atoms with Gasteiger partial charge >= 0.3 is 12.2 Å². The molecule has 2 atom stereocenters. The maximum atomic E-state index is 13.1. The second-order valence-electron chi connectivity index (χ2n) is 9.13. The van der Waals surface area contributed by atoms with Gasteiger partial charge in [0.2, 0.25) is 0 Å². The number of likely N-dealkylation sites (tertiary alicyclic amines) is 1. The summed E-state index contributed by atoms with van der Waals surface area (Å²) in [5.74, 6) is -0.249. The number of hydrogen-bond acceptors (Lipinski definition) is 6. The van der Waals surface area contributed by atoms with Crippen LogP contribution in [0.5, 0.6) is 6.01 Å². The van der Waals surface area contributed by atoms with Crippen molar-refractivity contribution < 1.29 is 22.7 Å². The predicted molar refractivity (Wildman–Crippen MR) is 130 cm³/mol. The first-order chi connectivity index (χ1) is 17.6. The molecule has 0 spiro atoms. The van der Waals surface area contributed by atoms with Crippen LogP contribution in [-0.2, 0) is 6.18 Å². The Hall–Kier alpha value is -3.97. The maximum absolute atomic E-state index is 13.1. The number of amides is 1. The molecule has 192 valence electrons. The molecule has 1 aliphatic rings. The standard InChI is InChI=1S/C27H26F3N5O2/c1-17(2)37-26-32-14-21(15-33-26)24(19-7-9-22(10-8-19)27(28,29)30)35-12-11-23(16-35)34-25(36)20-5-3-18(13-31)4-6-20/h3-10,14-15,17,23-24H,11-12,16H2,1-2H3,(H,34,36)/t23?,24-/m1/s1. The molecular formula is C27H26F3N5O2. The summed E-state index contributed by atoms with van der Waals surface area (Å²) in [4.78, 5) is 23.4. The number of rotatable bonds is 7. The van der Waals surface area contributed by atoms with Gasteiger partial charge in [-0.2, -0.15) is 18.4 Å². The van der Waals surface area contributed by atoms with Gasteiger partial charge in [-0.15, -0.1) is 0 Å². The molecule has 0 aliphatic carbocycles. The number of aromatic nitrogens is 2. The number of hydrogen-bond donors (Lipinski definition) is 1. The molecule has 1 N–H and O–H groups in total. The van der Waals surface area contributed by atoms with Gasteiger partial charge in [-0.3, -0.25) is 9.69 Å². The second-order valence-corrected chi connectivity index (χ2v) is 9.13. The van der Waals surface area contributed by atoms with Crippen LogP contribution >= 0.6 is 0 Å². The van der Waals surface area contributed by atoms with E-state index >= 15 is 0 Å². The molecule has 2 heterocycles. The van der Waals surface area contributed by atoms with Crippen LogP contribution < -0.4 is 10.1 Å². The average molecular weight is 510 g/mol. The number of halogens is 3. The zero-order chi connectivity index (χ0) is 26.6. The summed E-state index contributed by atoms with van der Waals surface area (Å²) in [6.07, 6.45) is -0.628. The van der Waals surface area contributed by atoms with E-state index in [0.29, 0.717) is 41.8 Å². The van der Waals surface area contributed by atoms with E-state index in [1.165, 1.54) is 12.1 Å². The Kier molecular flexibility index (Phi) is 7.74. The van der Waals surface area contributed by atoms with Crippen LogP contribution in [0, 0.1) is 11.3 Å². The third-order valence-electron chi connectivity index (χ3n) is 6.05. The largest absolute Gasteiger partial charge is 0.461 e. The van der Waals surface area contributed by atoms with Crippen molar-refractivity contribution in [1.29, 1.82) is 5.26 Å². The SMILES string of the molecule is CC(C)Oc1ncc([C@@H](c2ccc(C(F)(F)F)cc2)N2CCC(NC(=O)c3ccc(C#N)cc3)C2)cn1. The molecule has 7 nitrogen and oxygen atoms in total. The zero-order valence-electron chi connectivity index (χ0n) is 20.4. The number of ether oxygens (including phenoxy) is 1. The summed E-state index contributed by atoms with van der Waals surface area (Å²) in [6.45, 7) is 4.81. The van der Waals surface area contributed by atoms with Gasteiger partial charge in [0.15, 0.2) is 0 Å². The fourth-order valence-corrected chi connectivity index (χ4v) is 4.31. The van der Waals surface area contributed by atoms with Crippen LogP contribution in [0.15, 0.2) is 60.9 Å². The Balaban J connectivity index is 1.55. The molecule has 1 aromatic heterocycles. The molecule has 3 aromatic rings. The molecule has 10 heteroatoms. The minimum absolute atomic E-state index is 0.101. The van der Waals surface area contributed by atoms with Crippen LogP contribution in [0.1, 0.15) is 58.9 Å². The van der Waals surface area contributed by atoms with Gasteiger partial charge in [0, 0.05) is 42.7 Å². The Bertz CT molecular complexity index is 1250. The zero-order valence-corrected chi connectivity index (χ0v) is 20.4. The lowest BCUT2D eigenvalue weighted by atomic mass is 9.98. The fourth-order valence-electron chi connectivity index (χ4n) is 4.31. The Morgan fingerprint density at radius 1 is 1.08 bits per heavy atom. The summed E-state index contributed by atoms with van der Waals surface area (Å²) >= 11 is 0. The van der Waals surface area contributed by atoms with Gasteiger partial charge in [0.25, 0.3) is 5.91 Å². The highest BCUT2D eigenvalue weighted by atomic mass is 19.4. The van der Waals surface area contributed by atoms with Gasteiger partial charge in [0.1, 0.15) is 0 Å². The average Bonchev–Trinajstić information content (AvgIpc) is 3.32. The first-order valence-electron chi connectivity index (χ1n) is 11.8. The first kappa shape index (κ1) is 26.1. The number of carbonyl (C=O) groups excluding carboxylic acids is 1. The summed E-state index contributed by atoms with van der Waals surface area (Å²) in [5.41, 5.74) is 1.56. The Morgan fingerprint density at radius 3 is 2.30 bits per heavy atom. The van der Waals surface area contributed by atoms with Crippen molar-refractivity contribution in [2.24, 2.45) is 0 Å². The highest BCUT2D eigenvalue weighted by molar-refractivity contribution is 5.94. The maximum Gasteiger partial charge on any atom is 0.416 e. The monoisotopic (exact) mass is 509 g/mol. The van der Waals surface area contributed by atoms with Crippen LogP contribution in [0.4, 0.5) is 13.2 Å². The molecule has 1 aliphatic heterocycles. The van der Waals surface area contributed by atoms with Crippen molar-refractivity contribution in [3.05, 3.63) is 88.7 Å². The Morgan fingerprint density at radius 2 is 1.73 bits per heavy atom. The number of carbonyl (C=O) groups is 1. The van der Waals surface area contributed by atoms with Crippen molar-refractivity contribution in [2.45, 2.75) is 44.6 Å². The van der Waals surface area contributed by atoms with Crippen molar-refractivity contribution >= 4 is 5.91 Å².